The van der Waals surface area contributed by atoms with Gasteiger partial charge >= 0.3 is 0 Å². The van der Waals surface area contributed by atoms with Gasteiger partial charge in [0.25, 0.3) is 5.91 Å². The van der Waals surface area contributed by atoms with Crippen molar-refractivity contribution in [2.45, 2.75) is 65.7 Å². The molecule has 2 aromatic heterocycles. The molecule has 7 heteroatoms. The Bertz CT molecular complexity index is 1240. The minimum Gasteiger partial charge on any atom is -0.339 e. The number of hydrogen-bond acceptors (Lipinski definition) is 5. The first-order chi connectivity index (χ1) is 15.1. The van der Waals surface area contributed by atoms with Gasteiger partial charge in [-0.2, -0.15) is 5.10 Å². The molecule has 0 atom stereocenters. The van der Waals surface area contributed by atoms with Gasteiger partial charge in [-0.05, 0) is 56.2 Å². The van der Waals surface area contributed by atoms with E-state index in [9.17, 15) is 9.59 Å². The molecule has 1 fully saturated rings. The van der Waals surface area contributed by atoms with Crippen LogP contribution in [0.2, 0.25) is 0 Å². The highest BCUT2D eigenvalue weighted by molar-refractivity contribution is 7.12. The van der Waals surface area contributed by atoms with E-state index in [2.05, 4.69) is 31.0 Å². The molecular weight excluding hydrogens is 420 g/mol. The first-order valence-electron chi connectivity index (χ1n) is 11.3. The maximum Gasteiger partial charge on any atom is 0.253 e. The number of nitrogens with one attached hydrogen (secondary N) is 1. The van der Waals surface area contributed by atoms with E-state index in [0.717, 1.165) is 56.9 Å². The second kappa shape index (κ2) is 7.24. The lowest BCUT2D eigenvalue weighted by Gasteiger charge is -2.43. The molecule has 0 radical (unpaired) electrons. The summed E-state index contributed by atoms with van der Waals surface area (Å²) in [4.78, 5) is 34.0. The molecule has 168 valence electrons. The number of carbonyl (C=O) groups excluding carboxylic acids is 2. The quantitative estimate of drug-likeness (QED) is 0.567. The lowest BCUT2D eigenvalue weighted by Crippen LogP contribution is -2.46. The monoisotopic (exact) mass is 450 g/mol. The van der Waals surface area contributed by atoms with Gasteiger partial charge in [-0.25, -0.2) is 4.98 Å². The number of fused-ring (bicyclic) bond motifs is 2. The van der Waals surface area contributed by atoms with Crippen LogP contribution in [0.4, 0.5) is 0 Å². The average Bonchev–Trinajstić information content (AvgIpc) is 3.32. The van der Waals surface area contributed by atoms with Gasteiger partial charge in [0, 0.05) is 46.4 Å². The zero-order chi connectivity index (χ0) is 22.8. The van der Waals surface area contributed by atoms with E-state index in [1.54, 1.807) is 11.3 Å². The molecule has 1 saturated heterocycles. The molecule has 2 aliphatic rings. The van der Waals surface area contributed by atoms with Crippen LogP contribution < -0.4 is 0 Å². The van der Waals surface area contributed by atoms with Gasteiger partial charge < -0.3 is 4.90 Å². The third kappa shape index (κ3) is 3.47. The normalized spacial score (nSPS) is 18.4. The SMILES string of the molecule is Cc1[nH]nc2c(C)cc(C(=O)N3CCC4(CC3)CC(=O)c3nc(C(C)(C)C)sc3C4)cc12. The molecule has 0 saturated carbocycles. The first kappa shape index (κ1) is 21.3. The highest BCUT2D eigenvalue weighted by atomic mass is 32.1. The summed E-state index contributed by atoms with van der Waals surface area (Å²) in [5, 5.41) is 9.41. The molecule has 32 heavy (non-hydrogen) atoms. The number of benzene rings is 1. The molecular formula is C25H30N4O2S. The van der Waals surface area contributed by atoms with E-state index in [4.69, 9.17) is 4.98 Å². The Morgan fingerprint density at radius 2 is 1.88 bits per heavy atom. The Balaban J connectivity index is 1.34. The summed E-state index contributed by atoms with van der Waals surface area (Å²) in [6.45, 7) is 11.8. The summed E-state index contributed by atoms with van der Waals surface area (Å²) in [6, 6.07) is 3.90. The molecule has 1 aromatic carbocycles. The first-order valence-corrected chi connectivity index (χ1v) is 12.2. The summed E-state index contributed by atoms with van der Waals surface area (Å²) < 4.78 is 0. The Labute approximate surface area is 192 Å². The van der Waals surface area contributed by atoms with Crippen molar-refractivity contribution in [3.05, 3.63) is 44.5 Å². The zero-order valence-corrected chi connectivity index (χ0v) is 20.3. The summed E-state index contributed by atoms with van der Waals surface area (Å²) in [5.41, 5.74) is 4.24. The zero-order valence-electron chi connectivity index (χ0n) is 19.5. The van der Waals surface area contributed by atoms with Gasteiger partial charge in [-0.15, -0.1) is 11.3 Å². The third-order valence-corrected chi connectivity index (χ3v) is 8.55. The number of rotatable bonds is 1. The van der Waals surface area contributed by atoms with E-state index in [1.165, 1.54) is 0 Å². The number of amides is 1. The lowest BCUT2D eigenvalue weighted by atomic mass is 9.68. The maximum absolute atomic E-state index is 13.3. The van der Waals surface area contributed by atoms with E-state index in [0.29, 0.717) is 25.2 Å². The van der Waals surface area contributed by atoms with Crippen LogP contribution in [-0.4, -0.2) is 44.9 Å². The number of Topliss-reactive ketones (excluding diaryl/α,β-unsaturated/α-hetero) is 1. The molecule has 6 nitrogen and oxygen atoms in total. The molecule has 1 spiro atoms. The Kier molecular flexibility index (Phi) is 4.82. The number of thiazole rings is 1. The van der Waals surface area contributed by atoms with Crippen molar-refractivity contribution in [1.82, 2.24) is 20.1 Å². The lowest BCUT2D eigenvalue weighted by molar-refractivity contribution is 0.0522. The number of nitrogens with zero attached hydrogens (tertiary/aromatic N) is 3. The highest BCUT2D eigenvalue weighted by Crippen LogP contribution is 2.46. The fourth-order valence-electron chi connectivity index (χ4n) is 5.10. The van der Waals surface area contributed by atoms with Crippen molar-refractivity contribution in [2.75, 3.05) is 13.1 Å². The summed E-state index contributed by atoms with van der Waals surface area (Å²) >= 11 is 1.70. The molecule has 1 aliphatic carbocycles. The van der Waals surface area contributed by atoms with Gasteiger partial charge in [0.15, 0.2) is 5.78 Å². The van der Waals surface area contributed by atoms with Crippen LogP contribution in [0.1, 0.15) is 82.0 Å². The van der Waals surface area contributed by atoms with E-state index < -0.39 is 0 Å². The van der Waals surface area contributed by atoms with Gasteiger partial charge in [0.2, 0.25) is 0 Å². The standard InChI is InChI=1S/C25H30N4O2S/c1-14-10-16(11-17-15(2)27-28-20(14)17)22(31)29-8-6-25(7-9-29)12-18(30)21-19(13-25)32-23(26-21)24(3,4)5/h10-11H,6-9,12-13H2,1-5H3,(H,27,28). The number of piperidine rings is 1. The van der Waals surface area contributed by atoms with Crippen LogP contribution in [0, 0.1) is 19.3 Å². The number of ketones is 1. The number of aryl methyl sites for hydroxylation is 2. The molecule has 5 rings (SSSR count). The largest absolute Gasteiger partial charge is 0.339 e. The van der Waals surface area contributed by atoms with Crippen LogP contribution in [0.3, 0.4) is 0 Å². The predicted molar refractivity (Wildman–Crippen MR) is 127 cm³/mol. The van der Waals surface area contributed by atoms with Crippen molar-refractivity contribution in [1.29, 1.82) is 0 Å². The second-order valence-electron chi connectivity index (χ2n) is 10.6. The minimum atomic E-state index is -0.0438. The van der Waals surface area contributed by atoms with E-state index in [-0.39, 0.29) is 22.5 Å². The Morgan fingerprint density at radius 3 is 2.56 bits per heavy atom. The van der Waals surface area contributed by atoms with E-state index >= 15 is 0 Å². The van der Waals surface area contributed by atoms with Gasteiger partial charge in [0.05, 0.1) is 10.5 Å². The van der Waals surface area contributed by atoms with Gasteiger partial charge in [0.1, 0.15) is 5.69 Å². The molecule has 3 heterocycles. The Morgan fingerprint density at radius 1 is 1.16 bits per heavy atom. The molecule has 0 bridgehead atoms. The summed E-state index contributed by atoms with van der Waals surface area (Å²) in [7, 11) is 0. The van der Waals surface area contributed by atoms with Crippen LogP contribution in [0.15, 0.2) is 12.1 Å². The molecule has 0 unspecified atom stereocenters. The highest BCUT2D eigenvalue weighted by Gasteiger charge is 2.44. The van der Waals surface area contributed by atoms with Crippen LogP contribution in [0.25, 0.3) is 10.9 Å². The second-order valence-corrected chi connectivity index (χ2v) is 11.7. The number of hydrogen-bond donors (Lipinski definition) is 1. The van der Waals surface area contributed by atoms with Crippen molar-refractivity contribution < 1.29 is 9.59 Å². The van der Waals surface area contributed by atoms with Gasteiger partial charge in [-0.1, -0.05) is 20.8 Å². The maximum atomic E-state index is 13.3. The van der Waals surface area contributed by atoms with Crippen LogP contribution in [-0.2, 0) is 11.8 Å². The topological polar surface area (TPSA) is 79.0 Å². The number of H-pyrrole nitrogens is 1. The number of carbonyl (C=O) groups is 2. The molecule has 1 aliphatic heterocycles. The third-order valence-electron chi connectivity index (χ3n) is 7.07. The summed E-state index contributed by atoms with van der Waals surface area (Å²) in [5.74, 6) is 0.246. The van der Waals surface area contributed by atoms with Crippen molar-refractivity contribution >= 4 is 33.9 Å². The van der Waals surface area contributed by atoms with Crippen molar-refractivity contribution in [2.24, 2.45) is 5.41 Å². The predicted octanol–water partition coefficient (Wildman–Crippen LogP) is 4.99. The van der Waals surface area contributed by atoms with Gasteiger partial charge in [-0.3, -0.25) is 14.7 Å². The molecule has 1 N–H and O–H groups in total. The van der Waals surface area contributed by atoms with Crippen molar-refractivity contribution in [3.63, 3.8) is 0 Å². The number of aromatic amines is 1. The number of aromatic nitrogens is 3. The molecule has 1 amide bonds. The van der Waals surface area contributed by atoms with Crippen molar-refractivity contribution in [3.8, 4) is 0 Å². The number of likely N-dealkylation sites (tertiary alicyclic amines) is 1. The van der Waals surface area contributed by atoms with Crippen LogP contribution in [0.5, 0.6) is 0 Å². The minimum absolute atomic E-state index is 0.0381. The smallest absolute Gasteiger partial charge is 0.253 e. The van der Waals surface area contributed by atoms with Crippen LogP contribution >= 0.6 is 11.3 Å². The summed E-state index contributed by atoms with van der Waals surface area (Å²) in [6.07, 6.45) is 3.18. The van der Waals surface area contributed by atoms with E-state index in [1.807, 2.05) is 30.9 Å². The average molecular weight is 451 g/mol. The fraction of sp³-hybridized carbons (Fsp3) is 0.520. The fourth-order valence-corrected chi connectivity index (χ4v) is 6.41. The Hall–Kier alpha value is -2.54. The molecule has 3 aromatic rings.